The van der Waals surface area contributed by atoms with Crippen LogP contribution in [0.25, 0.3) is 11.3 Å². The average molecular weight is 340 g/mol. The second kappa shape index (κ2) is 6.67. The summed E-state index contributed by atoms with van der Waals surface area (Å²) in [4.78, 5) is 17.2. The highest BCUT2D eigenvalue weighted by atomic mass is 32.1. The third-order valence-electron chi connectivity index (χ3n) is 5.24. The van der Waals surface area contributed by atoms with Crippen LogP contribution >= 0.6 is 11.3 Å². The number of hydrogen-bond acceptors (Lipinski definition) is 3. The number of benzene rings is 1. The maximum Gasteiger partial charge on any atom is 0.251 e. The molecular formula is C20H24N2OS. The summed E-state index contributed by atoms with van der Waals surface area (Å²) in [5, 5.41) is 6.58. The van der Waals surface area contributed by atoms with Crippen LogP contribution < -0.4 is 5.32 Å². The molecule has 3 nitrogen and oxygen atoms in total. The first-order valence-corrected chi connectivity index (χ1v) is 9.94. The molecule has 126 valence electrons. The summed E-state index contributed by atoms with van der Waals surface area (Å²) in [5.41, 5.74) is 2.88. The van der Waals surface area contributed by atoms with Gasteiger partial charge in [-0.3, -0.25) is 4.79 Å². The van der Waals surface area contributed by atoms with Crippen LogP contribution in [0.4, 0.5) is 0 Å². The summed E-state index contributed by atoms with van der Waals surface area (Å²) in [7, 11) is 0. The first kappa shape index (κ1) is 15.8. The van der Waals surface area contributed by atoms with Gasteiger partial charge in [0, 0.05) is 28.5 Å². The fourth-order valence-electron chi connectivity index (χ4n) is 3.40. The summed E-state index contributed by atoms with van der Waals surface area (Å²) >= 11 is 1.76. The molecule has 0 spiro atoms. The van der Waals surface area contributed by atoms with Crippen molar-refractivity contribution in [2.75, 3.05) is 0 Å². The van der Waals surface area contributed by atoms with Gasteiger partial charge < -0.3 is 5.32 Å². The molecule has 1 heterocycles. The molecule has 0 bridgehead atoms. The number of nitrogens with zero attached hydrogens (tertiary/aromatic N) is 1. The molecule has 2 aliphatic rings. The van der Waals surface area contributed by atoms with Gasteiger partial charge in [-0.1, -0.05) is 19.1 Å². The van der Waals surface area contributed by atoms with Gasteiger partial charge >= 0.3 is 0 Å². The second-order valence-electron chi connectivity index (χ2n) is 7.35. The third-order valence-corrected chi connectivity index (χ3v) is 6.25. The van der Waals surface area contributed by atoms with Gasteiger partial charge in [-0.2, -0.15) is 0 Å². The highest BCUT2D eigenvalue weighted by Crippen LogP contribution is 2.42. The maximum atomic E-state index is 12.4. The van der Waals surface area contributed by atoms with Crippen molar-refractivity contribution in [3.05, 3.63) is 40.2 Å². The average Bonchev–Trinajstić information content (AvgIpc) is 3.34. The van der Waals surface area contributed by atoms with Crippen molar-refractivity contribution in [3.8, 4) is 11.3 Å². The Morgan fingerprint density at radius 2 is 1.79 bits per heavy atom. The number of nitrogens with one attached hydrogen (secondary N) is 1. The number of hydrogen-bond donors (Lipinski definition) is 1. The van der Waals surface area contributed by atoms with Crippen LogP contribution in [0.1, 0.15) is 66.7 Å². The first-order chi connectivity index (χ1) is 11.7. The minimum absolute atomic E-state index is 0.0538. The quantitative estimate of drug-likeness (QED) is 0.851. The SMILES string of the molecule is CC1CCC(NC(=O)c2ccc(-c3csc(C4CC4)n3)cc2)CC1. The van der Waals surface area contributed by atoms with E-state index >= 15 is 0 Å². The van der Waals surface area contributed by atoms with Gasteiger partial charge in [0.1, 0.15) is 0 Å². The molecule has 1 aromatic heterocycles. The Morgan fingerprint density at radius 3 is 2.46 bits per heavy atom. The van der Waals surface area contributed by atoms with Crippen LogP contribution in [-0.4, -0.2) is 16.9 Å². The number of rotatable bonds is 4. The monoisotopic (exact) mass is 340 g/mol. The number of thiazole rings is 1. The van der Waals surface area contributed by atoms with Gasteiger partial charge in [-0.25, -0.2) is 4.98 Å². The predicted molar refractivity (Wildman–Crippen MR) is 98.4 cm³/mol. The Hall–Kier alpha value is -1.68. The summed E-state index contributed by atoms with van der Waals surface area (Å²) in [6.07, 6.45) is 7.22. The molecule has 4 rings (SSSR count). The lowest BCUT2D eigenvalue weighted by molar-refractivity contribution is 0.0923. The number of carbonyl (C=O) groups excluding carboxylic acids is 1. The summed E-state index contributed by atoms with van der Waals surface area (Å²) in [6, 6.07) is 8.22. The van der Waals surface area contributed by atoms with Crippen molar-refractivity contribution < 1.29 is 4.79 Å². The Bertz CT molecular complexity index is 709. The third kappa shape index (κ3) is 3.54. The molecular weight excluding hydrogens is 316 g/mol. The van der Waals surface area contributed by atoms with Crippen molar-refractivity contribution in [2.45, 2.75) is 57.4 Å². The lowest BCUT2D eigenvalue weighted by Gasteiger charge is -2.26. The summed E-state index contributed by atoms with van der Waals surface area (Å²) < 4.78 is 0. The minimum Gasteiger partial charge on any atom is -0.349 e. The Morgan fingerprint density at radius 1 is 1.08 bits per heavy atom. The van der Waals surface area contributed by atoms with E-state index < -0.39 is 0 Å². The molecule has 0 atom stereocenters. The highest BCUT2D eigenvalue weighted by Gasteiger charge is 2.26. The first-order valence-electron chi connectivity index (χ1n) is 9.06. The molecule has 2 fully saturated rings. The summed E-state index contributed by atoms with van der Waals surface area (Å²) in [5.74, 6) is 1.56. The van der Waals surface area contributed by atoms with E-state index in [2.05, 4.69) is 17.6 Å². The van der Waals surface area contributed by atoms with Crippen LogP contribution in [0.15, 0.2) is 29.6 Å². The van der Waals surface area contributed by atoms with Crippen molar-refractivity contribution in [1.29, 1.82) is 0 Å². The van der Waals surface area contributed by atoms with E-state index in [1.165, 1.54) is 30.7 Å². The van der Waals surface area contributed by atoms with E-state index in [1.807, 2.05) is 24.3 Å². The van der Waals surface area contributed by atoms with Crippen LogP contribution in [0.5, 0.6) is 0 Å². The van der Waals surface area contributed by atoms with Crippen molar-refractivity contribution >= 4 is 17.2 Å². The topological polar surface area (TPSA) is 42.0 Å². The van der Waals surface area contributed by atoms with Gasteiger partial charge in [0.2, 0.25) is 0 Å². The predicted octanol–water partition coefficient (Wildman–Crippen LogP) is 5.00. The van der Waals surface area contributed by atoms with Crippen molar-refractivity contribution in [1.82, 2.24) is 10.3 Å². The molecule has 0 radical (unpaired) electrons. The zero-order valence-electron chi connectivity index (χ0n) is 14.1. The van der Waals surface area contributed by atoms with Crippen LogP contribution in [0, 0.1) is 5.92 Å². The second-order valence-corrected chi connectivity index (χ2v) is 8.24. The smallest absolute Gasteiger partial charge is 0.251 e. The Kier molecular flexibility index (Phi) is 4.40. The normalized spacial score (nSPS) is 23.9. The molecule has 1 N–H and O–H groups in total. The van der Waals surface area contributed by atoms with Crippen molar-refractivity contribution in [3.63, 3.8) is 0 Å². The van der Waals surface area contributed by atoms with Gasteiger partial charge in [0.25, 0.3) is 5.91 Å². The van der Waals surface area contributed by atoms with Crippen LogP contribution in [0.3, 0.4) is 0 Å². The molecule has 4 heteroatoms. The molecule has 0 aliphatic heterocycles. The highest BCUT2D eigenvalue weighted by molar-refractivity contribution is 7.10. The van der Waals surface area contributed by atoms with Gasteiger partial charge in [-0.15, -0.1) is 11.3 Å². The van der Waals surface area contributed by atoms with E-state index in [4.69, 9.17) is 4.98 Å². The zero-order valence-corrected chi connectivity index (χ0v) is 14.9. The van der Waals surface area contributed by atoms with E-state index in [9.17, 15) is 4.79 Å². The standard InChI is InChI=1S/C20H24N2OS/c1-13-2-10-17(11-3-13)21-19(23)15-6-4-14(5-7-15)18-12-24-20(22-18)16-8-9-16/h4-7,12-13,16-17H,2-3,8-11H2,1H3,(H,21,23). The fraction of sp³-hybridized carbons (Fsp3) is 0.500. The fourth-order valence-corrected chi connectivity index (χ4v) is 4.40. The molecule has 0 unspecified atom stereocenters. The molecule has 1 amide bonds. The lowest BCUT2D eigenvalue weighted by atomic mass is 9.87. The summed E-state index contributed by atoms with van der Waals surface area (Å²) in [6.45, 7) is 2.30. The van der Waals surface area contributed by atoms with Crippen LogP contribution in [-0.2, 0) is 0 Å². The van der Waals surface area contributed by atoms with E-state index in [-0.39, 0.29) is 5.91 Å². The molecule has 0 saturated heterocycles. The van der Waals surface area contributed by atoms with Gasteiger partial charge in [-0.05, 0) is 56.6 Å². The molecule has 2 aromatic rings. The molecule has 1 aromatic carbocycles. The van der Waals surface area contributed by atoms with Crippen LogP contribution in [0.2, 0.25) is 0 Å². The number of aromatic nitrogens is 1. The van der Waals surface area contributed by atoms with Gasteiger partial charge in [0.05, 0.1) is 10.7 Å². The molecule has 24 heavy (non-hydrogen) atoms. The Balaban J connectivity index is 1.40. The van der Waals surface area contributed by atoms with Crippen molar-refractivity contribution in [2.24, 2.45) is 5.92 Å². The zero-order chi connectivity index (χ0) is 16.5. The number of amides is 1. The van der Waals surface area contributed by atoms with E-state index in [0.717, 1.165) is 35.6 Å². The van der Waals surface area contributed by atoms with E-state index in [0.29, 0.717) is 12.0 Å². The molecule has 2 saturated carbocycles. The minimum atomic E-state index is 0.0538. The Labute approximate surface area is 147 Å². The van der Waals surface area contributed by atoms with Gasteiger partial charge in [0.15, 0.2) is 0 Å². The largest absolute Gasteiger partial charge is 0.349 e. The maximum absolute atomic E-state index is 12.4. The lowest BCUT2D eigenvalue weighted by Crippen LogP contribution is -2.37. The number of carbonyl (C=O) groups is 1. The molecule has 2 aliphatic carbocycles. The van der Waals surface area contributed by atoms with E-state index in [1.54, 1.807) is 11.3 Å².